The summed E-state index contributed by atoms with van der Waals surface area (Å²) in [6.07, 6.45) is 2.34. The smallest absolute Gasteiger partial charge is 0.241 e. The standard InChI is InChI=1S/C15H17N3O4/c19-6-5-18(11-2-3-11)8-14-16-15(17-22-14)10-1-4-12-13(7-10)21-9-20-12/h1,4,7,11,19H,2-3,5-6,8-9H2. The van der Waals surface area contributed by atoms with E-state index in [0.717, 1.165) is 11.3 Å². The van der Waals surface area contributed by atoms with Gasteiger partial charge in [0.2, 0.25) is 18.5 Å². The molecule has 1 aromatic carbocycles. The Labute approximate surface area is 127 Å². The van der Waals surface area contributed by atoms with Gasteiger partial charge in [0.1, 0.15) is 0 Å². The van der Waals surface area contributed by atoms with Gasteiger partial charge < -0.3 is 19.1 Å². The van der Waals surface area contributed by atoms with E-state index >= 15 is 0 Å². The van der Waals surface area contributed by atoms with Gasteiger partial charge in [0.25, 0.3) is 0 Å². The van der Waals surface area contributed by atoms with Crippen molar-refractivity contribution in [3.05, 3.63) is 24.1 Å². The quantitative estimate of drug-likeness (QED) is 0.864. The van der Waals surface area contributed by atoms with Gasteiger partial charge in [0, 0.05) is 18.2 Å². The number of nitrogens with zero attached hydrogens (tertiary/aromatic N) is 3. The monoisotopic (exact) mass is 303 g/mol. The molecule has 0 unspecified atom stereocenters. The molecule has 0 spiro atoms. The molecule has 0 radical (unpaired) electrons. The Bertz CT molecular complexity index is 669. The largest absolute Gasteiger partial charge is 0.454 e. The predicted molar refractivity (Wildman–Crippen MR) is 76.4 cm³/mol. The molecule has 7 heteroatoms. The highest BCUT2D eigenvalue weighted by molar-refractivity contribution is 5.61. The number of aromatic nitrogens is 2. The summed E-state index contributed by atoms with van der Waals surface area (Å²) in [6.45, 7) is 1.59. The molecule has 116 valence electrons. The molecule has 1 saturated carbocycles. The molecule has 0 atom stereocenters. The van der Waals surface area contributed by atoms with Gasteiger partial charge in [0.05, 0.1) is 13.2 Å². The summed E-state index contributed by atoms with van der Waals surface area (Å²) >= 11 is 0. The third-order valence-electron chi connectivity index (χ3n) is 3.89. The van der Waals surface area contributed by atoms with Gasteiger partial charge in [-0.1, -0.05) is 5.16 Å². The van der Waals surface area contributed by atoms with Gasteiger partial charge in [0.15, 0.2) is 11.5 Å². The van der Waals surface area contributed by atoms with E-state index in [4.69, 9.17) is 19.1 Å². The molecule has 2 aliphatic rings. The van der Waals surface area contributed by atoms with E-state index in [1.807, 2.05) is 18.2 Å². The van der Waals surface area contributed by atoms with Gasteiger partial charge in [-0.2, -0.15) is 4.98 Å². The minimum atomic E-state index is 0.139. The molecule has 2 heterocycles. The number of ether oxygens (including phenoxy) is 2. The lowest BCUT2D eigenvalue weighted by molar-refractivity contribution is 0.167. The summed E-state index contributed by atoms with van der Waals surface area (Å²) in [4.78, 5) is 6.62. The molecule has 1 fully saturated rings. The second-order valence-corrected chi connectivity index (χ2v) is 5.51. The first-order valence-electron chi connectivity index (χ1n) is 7.41. The number of aliphatic hydroxyl groups is 1. The maximum absolute atomic E-state index is 9.13. The van der Waals surface area contributed by atoms with Gasteiger partial charge >= 0.3 is 0 Å². The van der Waals surface area contributed by atoms with Crippen LogP contribution in [0.25, 0.3) is 11.4 Å². The van der Waals surface area contributed by atoms with Crippen molar-refractivity contribution in [1.82, 2.24) is 15.0 Å². The molecule has 22 heavy (non-hydrogen) atoms. The van der Waals surface area contributed by atoms with E-state index in [-0.39, 0.29) is 13.4 Å². The highest BCUT2D eigenvalue weighted by Gasteiger charge is 2.29. The fourth-order valence-corrected chi connectivity index (χ4v) is 2.60. The van der Waals surface area contributed by atoms with E-state index in [2.05, 4.69) is 15.0 Å². The van der Waals surface area contributed by atoms with Crippen molar-refractivity contribution < 1.29 is 19.1 Å². The Balaban J connectivity index is 1.51. The van der Waals surface area contributed by atoms with Crippen molar-refractivity contribution in [3.63, 3.8) is 0 Å². The second-order valence-electron chi connectivity index (χ2n) is 5.51. The fraction of sp³-hybridized carbons (Fsp3) is 0.467. The molecule has 1 aliphatic carbocycles. The lowest BCUT2D eigenvalue weighted by Crippen LogP contribution is -2.28. The lowest BCUT2D eigenvalue weighted by Gasteiger charge is -2.17. The van der Waals surface area contributed by atoms with E-state index in [1.54, 1.807) is 0 Å². The topological polar surface area (TPSA) is 80.9 Å². The minimum Gasteiger partial charge on any atom is -0.454 e. The third kappa shape index (κ3) is 2.65. The first kappa shape index (κ1) is 13.5. The fourth-order valence-electron chi connectivity index (χ4n) is 2.60. The molecule has 1 aromatic heterocycles. The second kappa shape index (κ2) is 5.58. The maximum Gasteiger partial charge on any atom is 0.241 e. The van der Waals surface area contributed by atoms with Gasteiger partial charge in [-0.25, -0.2) is 0 Å². The summed E-state index contributed by atoms with van der Waals surface area (Å²) in [7, 11) is 0. The maximum atomic E-state index is 9.13. The van der Waals surface area contributed by atoms with Gasteiger partial charge in [-0.3, -0.25) is 4.90 Å². The highest BCUT2D eigenvalue weighted by atomic mass is 16.7. The zero-order valence-corrected chi connectivity index (χ0v) is 12.1. The Morgan fingerprint density at radius 1 is 1.23 bits per heavy atom. The predicted octanol–water partition coefficient (Wildman–Crippen LogP) is 1.42. The van der Waals surface area contributed by atoms with Crippen molar-refractivity contribution >= 4 is 0 Å². The zero-order chi connectivity index (χ0) is 14.9. The molecule has 0 amide bonds. The average molecular weight is 303 g/mol. The number of aliphatic hydroxyl groups excluding tert-OH is 1. The Hall–Kier alpha value is -2.12. The summed E-state index contributed by atoms with van der Waals surface area (Å²) in [6, 6.07) is 6.11. The Morgan fingerprint density at radius 3 is 2.91 bits per heavy atom. The normalized spacial score (nSPS) is 16.5. The van der Waals surface area contributed by atoms with E-state index in [1.165, 1.54) is 12.8 Å². The van der Waals surface area contributed by atoms with Crippen LogP contribution in [0.15, 0.2) is 22.7 Å². The van der Waals surface area contributed by atoms with E-state index in [9.17, 15) is 0 Å². The van der Waals surface area contributed by atoms with Crippen LogP contribution < -0.4 is 9.47 Å². The summed E-state index contributed by atoms with van der Waals surface area (Å²) in [5.74, 6) is 2.53. The van der Waals surface area contributed by atoms with Crippen molar-refractivity contribution in [2.45, 2.75) is 25.4 Å². The van der Waals surface area contributed by atoms with Gasteiger partial charge in [-0.15, -0.1) is 0 Å². The molecule has 7 nitrogen and oxygen atoms in total. The Kier molecular flexibility index (Phi) is 3.44. The number of hydrogen-bond acceptors (Lipinski definition) is 7. The third-order valence-corrected chi connectivity index (χ3v) is 3.89. The molecule has 4 rings (SSSR count). The molecule has 1 aliphatic heterocycles. The van der Waals surface area contributed by atoms with Crippen LogP contribution in [-0.4, -0.2) is 46.1 Å². The van der Waals surface area contributed by atoms with Crippen LogP contribution in [0, 0.1) is 0 Å². The number of fused-ring (bicyclic) bond motifs is 1. The van der Waals surface area contributed by atoms with E-state index in [0.29, 0.717) is 36.6 Å². The first-order valence-corrected chi connectivity index (χ1v) is 7.41. The van der Waals surface area contributed by atoms with Crippen LogP contribution in [0.3, 0.4) is 0 Å². The highest BCUT2D eigenvalue weighted by Crippen LogP contribution is 2.35. The van der Waals surface area contributed by atoms with Crippen LogP contribution in [0.2, 0.25) is 0 Å². The van der Waals surface area contributed by atoms with E-state index < -0.39 is 0 Å². The van der Waals surface area contributed by atoms with Crippen LogP contribution in [0.4, 0.5) is 0 Å². The molecular weight excluding hydrogens is 286 g/mol. The molecule has 0 bridgehead atoms. The molecular formula is C15H17N3O4. The SMILES string of the molecule is OCCN(Cc1nc(-c2ccc3c(c2)OCO3)no1)C1CC1. The summed E-state index contributed by atoms with van der Waals surface area (Å²) < 4.78 is 16.0. The first-order chi connectivity index (χ1) is 10.8. The van der Waals surface area contributed by atoms with Crippen LogP contribution in [0.5, 0.6) is 11.5 Å². The average Bonchev–Trinajstić information content (AvgIpc) is 3.09. The molecule has 0 saturated heterocycles. The minimum absolute atomic E-state index is 0.139. The zero-order valence-electron chi connectivity index (χ0n) is 12.1. The number of rotatable bonds is 6. The number of benzene rings is 1. The van der Waals surface area contributed by atoms with Crippen molar-refractivity contribution in [1.29, 1.82) is 0 Å². The summed E-state index contributed by atoms with van der Waals surface area (Å²) in [5, 5.41) is 13.2. The summed E-state index contributed by atoms with van der Waals surface area (Å²) in [5.41, 5.74) is 0.833. The van der Waals surface area contributed by atoms with Crippen LogP contribution >= 0.6 is 0 Å². The molecule has 2 aromatic rings. The van der Waals surface area contributed by atoms with Crippen molar-refractivity contribution in [2.75, 3.05) is 19.9 Å². The number of hydrogen-bond donors (Lipinski definition) is 1. The van der Waals surface area contributed by atoms with Gasteiger partial charge in [-0.05, 0) is 31.0 Å². The van der Waals surface area contributed by atoms with Crippen molar-refractivity contribution in [3.8, 4) is 22.9 Å². The Morgan fingerprint density at radius 2 is 2.09 bits per heavy atom. The lowest BCUT2D eigenvalue weighted by atomic mass is 10.2. The van der Waals surface area contributed by atoms with Crippen LogP contribution in [0.1, 0.15) is 18.7 Å². The van der Waals surface area contributed by atoms with Crippen molar-refractivity contribution in [2.24, 2.45) is 0 Å². The molecule has 1 N–H and O–H groups in total. The van der Waals surface area contributed by atoms with Crippen LogP contribution in [-0.2, 0) is 6.54 Å².